The molecule has 0 bridgehead atoms. The summed E-state index contributed by atoms with van der Waals surface area (Å²) in [5, 5.41) is 3.29. The fraction of sp³-hybridized carbons (Fsp3) is 0.667. The predicted octanol–water partition coefficient (Wildman–Crippen LogP) is 2.91. The molecular weight excluding hydrogens is 273 g/mol. The minimum absolute atomic E-state index is 0.164. The summed E-state index contributed by atoms with van der Waals surface area (Å²) in [5.74, 6) is 3.00. The van der Waals surface area contributed by atoms with Gasteiger partial charge in [-0.1, -0.05) is 13.8 Å². The molecule has 1 fully saturated rings. The predicted molar refractivity (Wildman–Crippen MR) is 84.9 cm³/mol. The third-order valence-corrected chi connectivity index (χ3v) is 4.65. The third kappa shape index (κ3) is 3.85. The first-order valence-corrected chi connectivity index (χ1v) is 8.43. The maximum absolute atomic E-state index is 14.6. The van der Waals surface area contributed by atoms with Crippen LogP contribution in [0.2, 0.25) is 0 Å². The van der Waals surface area contributed by atoms with Crippen molar-refractivity contribution in [3.8, 4) is 0 Å². The fourth-order valence-corrected chi connectivity index (χ4v) is 3.36. The second-order valence-electron chi connectivity index (χ2n) is 5.75. The Morgan fingerprint density at radius 2 is 2.35 bits per heavy atom. The summed E-state index contributed by atoms with van der Waals surface area (Å²) in [6, 6.07) is 2.12. The first kappa shape index (κ1) is 15.6. The summed E-state index contributed by atoms with van der Waals surface area (Å²) < 4.78 is 14.6. The number of aromatic nitrogens is 1. The van der Waals surface area contributed by atoms with Gasteiger partial charge in [0.25, 0.3) is 0 Å². The molecule has 0 aromatic carbocycles. The first-order valence-electron chi connectivity index (χ1n) is 7.28. The van der Waals surface area contributed by atoms with Crippen molar-refractivity contribution in [2.24, 2.45) is 5.92 Å². The van der Waals surface area contributed by atoms with Crippen LogP contribution in [-0.4, -0.2) is 35.6 Å². The Labute approximate surface area is 125 Å². The van der Waals surface area contributed by atoms with E-state index in [1.807, 2.05) is 11.8 Å². The highest BCUT2D eigenvalue weighted by atomic mass is 32.2. The molecule has 5 heteroatoms. The summed E-state index contributed by atoms with van der Waals surface area (Å²) in [5.41, 5.74) is 0.709. The highest BCUT2D eigenvalue weighted by Crippen LogP contribution is 2.26. The van der Waals surface area contributed by atoms with Gasteiger partial charge in [-0.05, 0) is 25.5 Å². The van der Waals surface area contributed by atoms with Crippen molar-refractivity contribution < 1.29 is 4.39 Å². The number of hydrogen-bond acceptors (Lipinski definition) is 4. The Bertz CT molecular complexity index is 439. The van der Waals surface area contributed by atoms with Gasteiger partial charge in [0.2, 0.25) is 0 Å². The van der Waals surface area contributed by atoms with Gasteiger partial charge < -0.3 is 10.2 Å². The first-order chi connectivity index (χ1) is 9.59. The molecule has 1 unspecified atom stereocenters. The Morgan fingerprint density at radius 3 is 3.05 bits per heavy atom. The molecule has 2 rings (SSSR count). The highest BCUT2D eigenvalue weighted by Gasteiger charge is 2.23. The van der Waals surface area contributed by atoms with E-state index in [2.05, 4.69) is 36.0 Å². The van der Waals surface area contributed by atoms with Gasteiger partial charge in [0.1, 0.15) is 0 Å². The average Bonchev–Trinajstić information content (AvgIpc) is 2.41. The molecule has 0 amide bonds. The van der Waals surface area contributed by atoms with Crippen LogP contribution in [0.1, 0.15) is 26.3 Å². The molecule has 112 valence electrons. The lowest BCUT2D eigenvalue weighted by Crippen LogP contribution is -2.41. The zero-order chi connectivity index (χ0) is 14.5. The minimum Gasteiger partial charge on any atom is -0.350 e. The van der Waals surface area contributed by atoms with Gasteiger partial charge in [-0.15, -0.1) is 0 Å². The van der Waals surface area contributed by atoms with Gasteiger partial charge >= 0.3 is 0 Å². The Balaban J connectivity index is 2.10. The Kier molecular flexibility index (Phi) is 5.66. The number of rotatable bonds is 5. The molecule has 0 saturated carbocycles. The maximum Gasteiger partial charge on any atom is 0.170 e. The summed E-state index contributed by atoms with van der Waals surface area (Å²) in [6.45, 7) is 8.77. The van der Waals surface area contributed by atoms with E-state index in [1.54, 1.807) is 12.3 Å². The summed E-state index contributed by atoms with van der Waals surface area (Å²) in [6.07, 6.45) is 1.72. The topological polar surface area (TPSA) is 28.2 Å². The Hall–Kier alpha value is -0.810. The molecule has 1 aromatic heterocycles. The van der Waals surface area contributed by atoms with Crippen LogP contribution in [0.25, 0.3) is 0 Å². The van der Waals surface area contributed by atoms with Crippen molar-refractivity contribution in [2.75, 3.05) is 29.5 Å². The molecular formula is C15H24FN3S. The molecule has 2 heterocycles. The van der Waals surface area contributed by atoms with E-state index < -0.39 is 0 Å². The van der Waals surface area contributed by atoms with Gasteiger partial charge in [0, 0.05) is 42.4 Å². The van der Waals surface area contributed by atoms with Gasteiger partial charge in [0.05, 0.1) is 0 Å². The smallest absolute Gasteiger partial charge is 0.170 e. The fourth-order valence-electron chi connectivity index (χ4n) is 2.35. The third-order valence-electron chi connectivity index (χ3n) is 3.46. The van der Waals surface area contributed by atoms with Crippen LogP contribution in [0.5, 0.6) is 0 Å². The lowest BCUT2D eigenvalue weighted by atomic mass is 10.2. The lowest BCUT2D eigenvalue weighted by molar-refractivity contribution is 0.529. The second-order valence-corrected chi connectivity index (χ2v) is 6.90. The monoisotopic (exact) mass is 297 g/mol. The standard InChI is InChI=1S/C15H24FN3S/c1-11(2)8-17-9-13-4-5-18-15(14(13)16)19-6-7-20-10-12(19)3/h4-5,11-12,17H,6-10H2,1-3H3. The van der Waals surface area contributed by atoms with Crippen molar-refractivity contribution in [1.82, 2.24) is 10.3 Å². The van der Waals surface area contributed by atoms with Crippen molar-refractivity contribution in [3.63, 3.8) is 0 Å². The molecule has 20 heavy (non-hydrogen) atoms. The van der Waals surface area contributed by atoms with Crippen LogP contribution in [0.4, 0.5) is 10.2 Å². The molecule has 0 aliphatic carbocycles. The molecule has 3 nitrogen and oxygen atoms in total. The molecule has 0 spiro atoms. The number of halogens is 1. The van der Waals surface area contributed by atoms with Crippen molar-refractivity contribution in [3.05, 3.63) is 23.6 Å². The number of anilines is 1. The minimum atomic E-state index is -0.164. The molecule has 0 radical (unpaired) electrons. The van der Waals surface area contributed by atoms with Crippen LogP contribution >= 0.6 is 11.8 Å². The lowest BCUT2D eigenvalue weighted by Gasteiger charge is -2.34. The van der Waals surface area contributed by atoms with E-state index in [0.29, 0.717) is 29.9 Å². The largest absolute Gasteiger partial charge is 0.350 e. The molecule has 1 aromatic rings. The number of pyridine rings is 1. The van der Waals surface area contributed by atoms with Gasteiger partial charge in [-0.3, -0.25) is 0 Å². The van der Waals surface area contributed by atoms with Crippen molar-refractivity contribution in [1.29, 1.82) is 0 Å². The van der Waals surface area contributed by atoms with Gasteiger partial charge in [0.15, 0.2) is 11.6 Å². The van der Waals surface area contributed by atoms with E-state index in [-0.39, 0.29) is 5.82 Å². The normalized spacial score (nSPS) is 19.6. The molecule has 1 atom stereocenters. The maximum atomic E-state index is 14.6. The van der Waals surface area contributed by atoms with E-state index in [0.717, 1.165) is 24.6 Å². The molecule has 1 saturated heterocycles. The number of thioether (sulfide) groups is 1. The molecule has 1 aliphatic heterocycles. The summed E-state index contributed by atoms with van der Waals surface area (Å²) in [4.78, 5) is 6.37. The summed E-state index contributed by atoms with van der Waals surface area (Å²) in [7, 11) is 0. The molecule has 1 aliphatic rings. The number of hydrogen-bond donors (Lipinski definition) is 1. The van der Waals surface area contributed by atoms with Crippen LogP contribution in [0.15, 0.2) is 12.3 Å². The van der Waals surface area contributed by atoms with Gasteiger partial charge in [-0.2, -0.15) is 11.8 Å². The van der Waals surface area contributed by atoms with Gasteiger partial charge in [-0.25, -0.2) is 9.37 Å². The quantitative estimate of drug-likeness (QED) is 0.904. The van der Waals surface area contributed by atoms with E-state index in [4.69, 9.17) is 0 Å². The zero-order valence-corrected chi connectivity index (χ0v) is 13.3. The number of nitrogens with one attached hydrogen (secondary N) is 1. The van der Waals surface area contributed by atoms with Crippen LogP contribution in [-0.2, 0) is 6.54 Å². The number of nitrogens with zero attached hydrogens (tertiary/aromatic N) is 2. The highest BCUT2D eigenvalue weighted by molar-refractivity contribution is 7.99. The van der Waals surface area contributed by atoms with E-state index in [1.165, 1.54) is 0 Å². The zero-order valence-electron chi connectivity index (χ0n) is 12.5. The van der Waals surface area contributed by atoms with Crippen molar-refractivity contribution >= 4 is 17.6 Å². The van der Waals surface area contributed by atoms with E-state index >= 15 is 0 Å². The van der Waals surface area contributed by atoms with Crippen LogP contribution in [0, 0.1) is 11.7 Å². The Morgan fingerprint density at radius 1 is 1.55 bits per heavy atom. The second kappa shape index (κ2) is 7.27. The van der Waals surface area contributed by atoms with Crippen molar-refractivity contribution in [2.45, 2.75) is 33.4 Å². The van der Waals surface area contributed by atoms with Crippen LogP contribution in [0.3, 0.4) is 0 Å². The SMILES string of the molecule is CC(C)CNCc1ccnc(N2CCSCC2C)c1F. The molecule has 1 N–H and O–H groups in total. The van der Waals surface area contributed by atoms with Crippen LogP contribution < -0.4 is 10.2 Å². The summed E-state index contributed by atoms with van der Waals surface area (Å²) >= 11 is 1.92. The van der Waals surface area contributed by atoms with E-state index in [9.17, 15) is 4.39 Å². The average molecular weight is 297 g/mol.